The number of ether oxygens (including phenoxy) is 1. The van der Waals surface area contributed by atoms with Crippen molar-refractivity contribution in [2.45, 2.75) is 18.9 Å². The lowest BCUT2D eigenvalue weighted by molar-refractivity contribution is -0.134. The molecule has 0 saturated carbocycles. The molecule has 2 amide bonds. The Bertz CT molecular complexity index is 643. The molecule has 0 aromatic heterocycles. The van der Waals surface area contributed by atoms with E-state index in [-0.39, 0.29) is 17.9 Å². The number of carbonyl (C=O) groups is 2. The van der Waals surface area contributed by atoms with Gasteiger partial charge in [-0.15, -0.1) is 0 Å². The molecule has 7 nitrogen and oxygen atoms in total. The number of rotatable bonds is 4. The zero-order valence-electron chi connectivity index (χ0n) is 15.3. The highest BCUT2D eigenvalue weighted by Crippen LogP contribution is 2.20. The fourth-order valence-corrected chi connectivity index (χ4v) is 3.62. The molecule has 0 bridgehead atoms. The van der Waals surface area contributed by atoms with Gasteiger partial charge in [0.05, 0.1) is 25.3 Å². The Hall–Kier alpha value is -2.12. The molecule has 2 aliphatic rings. The van der Waals surface area contributed by atoms with Gasteiger partial charge in [0.2, 0.25) is 5.91 Å². The maximum absolute atomic E-state index is 12.7. The standard InChI is InChI=1S/C19H27N3O4/c1-26-17-7-3-2-6-16(17)19(25)22-11-9-21(10-12-22)18(24)14-20-8-4-5-15(23)13-20/h2-3,6-7,15,23H,4-5,8-14H2,1H3/t15-/m1/s1. The van der Waals surface area contributed by atoms with Crippen LogP contribution in [0.5, 0.6) is 5.75 Å². The van der Waals surface area contributed by atoms with Gasteiger partial charge in [-0.2, -0.15) is 0 Å². The van der Waals surface area contributed by atoms with Gasteiger partial charge >= 0.3 is 0 Å². The number of amides is 2. The van der Waals surface area contributed by atoms with E-state index < -0.39 is 0 Å². The maximum atomic E-state index is 12.7. The first-order valence-electron chi connectivity index (χ1n) is 9.19. The number of carbonyl (C=O) groups excluding carboxylic acids is 2. The first kappa shape index (κ1) is 18.7. The van der Waals surface area contributed by atoms with E-state index in [2.05, 4.69) is 0 Å². The highest BCUT2D eigenvalue weighted by molar-refractivity contribution is 5.97. The second-order valence-electron chi connectivity index (χ2n) is 6.90. The number of aliphatic hydroxyl groups excluding tert-OH is 1. The summed E-state index contributed by atoms with van der Waals surface area (Å²) in [6.45, 7) is 3.88. The van der Waals surface area contributed by atoms with Crippen LogP contribution in [0.25, 0.3) is 0 Å². The first-order chi connectivity index (χ1) is 12.6. The van der Waals surface area contributed by atoms with Crippen LogP contribution in [0.1, 0.15) is 23.2 Å². The van der Waals surface area contributed by atoms with Crippen molar-refractivity contribution < 1.29 is 19.4 Å². The van der Waals surface area contributed by atoms with Crippen LogP contribution in [0.3, 0.4) is 0 Å². The smallest absolute Gasteiger partial charge is 0.257 e. The number of aliphatic hydroxyl groups is 1. The second-order valence-corrected chi connectivity index (χ2v) is 6.90. The Labute approximate surface area is 154 Å². The van der Waals surface area contributed by atoms with Gasteiger partial charge in [0.1, 0.15) is 5.75 Å². The Morgan fingerprint density at radius 1 is 1.12 bits per heavy atom. The minimum atomic E-state index is -0.327. The molecule has 0 aliphatic carbocycles. The molecule has 1 aromatic rings. The van der Waals surface area contributed by atoms with Gasteiger partial charge in [-0.3, -0.25) is 14.5 Å². The normalized spacial score (nSPS) is 21.5. The van der Waals surface area contributed by atoms with Gasteiger partial charge in [-0.1, -0.05) is 12.1 Å². The zero-order valence-corrected chi connectivity index (χ0v) is 15.3. The summed E-state index contributed by atoms with van der Waals surface area (Å²) in [4.78, 5) is 30.8. The number of hydrogen-bond donors (Lipinski definition) is 1. The van der Waals surface area contributed by atoms with Crippen molar-refractivity contribution in [3.63, 3.8) is 0 Å². The zero-order chi connectivity index (χ0) is 18.5. The SMILES string of the molecule is COc1ccccc1C(=O)N1CCN(C(=O)CN2CCC[C@@H](O)C2)CC1. The summed E-state index contributed by atoms with van der Waals surface area (Å²) < 4.78 is 5.27. The van der Waals surface area contributed by atoms with Gasteiger partial charge in [-0.05, 0) is 31.5 Å². The van der Waals surface area contributed by atoms with E-state index in [9.17, 15) is 14.7 Å². The summed E-state index contributed by atoms with van der Waals surface area (Å²) in [6, 6.07) is 7.20. The van der Waals surface area contributed by atoms with Crippen LogP contribution in [0, 0.1) is 0 Å². The summed E-state index contributed by atoms with van der Waals surface area (Å²) >= 11 is 0. The van der Waals surface area contributed by atoms with E-state index in [1.807, 2.05) is 21.9 Å². The van der Waals surface area contributed by atoms with Crippen LogP contribution >= 0.6 is 0 Å². The summed E-state index contributed by atoms with van der Waals surface area (Å²) in [5.41, 5.74) is 0.553. The lowest BCUT2D eigenvalue weighted by Crippen LogP contribution is -2.53. The minimum absolute atomic E-state index is 0.0614. The molecule has 2 fully saturated rings. The molecule has 26 heavy (non-hydrogen) atoms. The van der Waals surface area contributed by atoms with Crippen LogP contribution in [0.2, 0.25) is 0 Å². The average Bonchev–Trinajstić information content (AvgIpc) is 2.67. The Morgan fingerprint density at radius 2 is 1.81 bits per heavy atom. The number of likely N-dealkylation sites (tertiary alicyclic amines) is 1. The van der Waals surface area contributed by atoms with Gasteiger partial charge in [0.25, 0.3) is 5.91 Å². The third kappa shape index (κ3) is 4.34. The molecule has 2 heterocycles. The van der Waals surface area contributed by atoms with Crippen LogP contribution in [0.4, 0.5) is 0 Å². The summed E-state index contributed by atoms with van der Waals surface area (Å²) in [5, 5.41) is 9.73. The largest absolute Gasteiger partial charge is 0.496 e. The lowest BCUT2D eigenvalue weighted by atomic mass is 10.1. The number of methoxy groups -OCH3 is 1. The van der Waals surface area contributed by atoms with Crippen molar-refractivity contribution >= 4 is 11.8 Å². The highest BCUT2D eigenvalue weighted by atomic mass is 16.5. The Kier molecular flexibility index (Phi) is 6.11. The topological polar surface area (TPSA) is 73.3 Å². The van der Waals surface area contributed by atoms with Crippen molar-refractivity contribution in [3.8, 4) is 5.75 Å². The molecule has 142 valence electrons. The van der Waals surface area contributed by atoms with E-state index in [0.717, 1.165) is 19.4 Å². The molecule has 0 unspecified atom stereocenters. The molecular formula is C19H27N3O4. The van der Waals surface area contributed by atoms with Crippen molar-refractivity contribution in [2.24, 2.45) is 0 Å². The average molecular weight is 361 g/mol. The molecule has 7 heteroatoms. The summed E-state index contributed by atoms with van der Waals surface area (Å²) in [6.07, 6.45) is 1.41. The van der Waals surface area contributed by atoms with Gasteiger partial charge < -0.3 is 19.6 Å². The Balaban J connectivity index is 1.52. The van der Waals surface area contributed by atoms with Gasteiger partial charge in [-0.25, -0.2) is 0 Å². The van der Waals surface area contributed by atoms with E-state index >= 15 is 0 Å². The van der Waals surface area contributed by atoms with Crippen molar-refractivity contribution in [1.82, 2.24) is 14.7 Å². The second kappa shape index (κ2) is 8.51. The van der Waals surface area contributed by atoms with Gasteiger partial charge in [0, 0.05) is 32.7 Å². The van der Waals surface area contributed by atoms with E-state index in [0.29, 0.717) is 50.6 Å². The van der Waals surface area contributed by atoms with Gasteiger partial charge in [0.15, 0.2) is 0 Å². The van der Waals surface area contributed by atoms with E-state index in [1.54, 1.807) is 24.1 Å². The predicted molar refractivity (Wildman–Crippen MR) is 97.2 cm³/mol. The fraction of sp³-hybridized carbons (Fsp3) is 0.579. The molecule has 2 saturated heterocycles. The third-order valence-corrected chi connectivity index (χ3v) is 5.10. The van der Waals surface area contributed by atoms with Crippen molar-refractivity contribution in [3.05, 3.63) is 29.8 Å². The summed E-state index contributed by atoms with van der Waals surface area (Å²) in [5.74, 6) is 0.580. The van der Waals surface area contributed by atoms with Crippen molar-refractivity contribution in [1.29, 1.82) is 0 Å². The molecule has 3 rings (SSSR count). The number of nitrogens with zero attached hydrogens (tertiary/aromatic N) is 3. The summed E-state index contributed by atoms with van der Waals surface area (Å²) in [7, 11) is 1.56. The van der Waals surface area contributed by atoms with Crippen LogP contribution in [-0.2, 0) is 4.79 Å². The molecule has 2 aliphatic heterocycles. The van der Waals surface area contributed by atoms with E-state index in [4.69, 9.17) is 4.74 Å². The number of para-hydroxylation sites is 1. The van der Waals surface area contributed by atoms with Crippen molar-refractivity contribution in [2.75, 3.05) is 52.9 Å². The number of β-amino-alcohol motifs (C(OH)–C–C–N with tert-alkyl or cyclic N) is 1. The van der Waals surface area contributed by atoms with Crippen LogP contribution in [-0.4, -0.2) is 90.6 Å². The Morgan fingerprint density at radius 3 is 2.50 bits per heavy atom. The number of hydrogen-bond acceptors (Lipinski definition) is 5. The molecule has 1 atom stereocenters. The van der Waals surface area contributed by atoms with Crippen LogP contribution < -0.4 is 4.74 Å². The quantitative estimate of drug-likeness (QED) is 0.842. The highest BCUT2D eigenvalue weighted by Gasteiger charge is 2.28. The fourth-order valence-electron chi connectivity index (χ4n) is 3.62. The molecule has 1 aromatic carbocycles. The van der Waals surface area contributed by atoms with Crippen LogP contribution in [0.15, 0.2) is 24.3 Å². The number of piperazine rings is 1. The first-order valence-corrected chi connectivity index (χ1v) is 9.19. The molecular weight excluding hydrogens is 334 g/mol. The predicted octanol–water partition coefficient (Wildman–Crippen LogP) is 0.436. The number of benzene rings is 1. The maximum Gasteiger partial charge on any atom is 0.257 e. The monoisotopic (exact) mass is 361 g/mol. The minimum Gasteiger partial charge on any atom is -0.496 e. The molecule has 1 N–H and O–H groups in total. The van der Waals surface area contributed by atoms with E-state index in [1.165, 1.54) is 0 Å². The molecule has 0 radical (unpaired) electrons. The lowest BCUT2D eigenvalue weighted by Gasteiger charge is -2.37. The molecule has 0 spiro atoms. The number of piperidine rings is 1. The third-order valence-electron chi connectivity index (χ3n) is 5.10.